The van der Waals surface area contributed by atoms with Crippen LogP contribution >= 0.6 is 11.6 Å². The van der Waals surface area contributed by atoms with Crippen molar-refractivity contribution in [2.45, 2.75) is 38.3 Å². The number of likely N-dealkylation sites (tertiary alicyclic amines) is 1. The van der Waals surface area contributed by atoms with Gasteiger partial charge in [-0.15, -0.1) is 0 Å². The van der Waals surface area contributed by atoms with E-state index in [1.807, 2.05) is 12.1 Å². The monoisotopic (exact) mass is 278 g/mol. The zero-order chi connectivity index (χ0) is 13.2. The van der Waals surface area contributed by atoms with Gasteiger partial charge < -0.3 is 5.73 Å². The van der Waals surface area contributed by atoms with Gasteiger partial charge in [-0.1, -0.05) is 36.6 Å². The van der Waals surface area contributed by atoms with Gasteiger partial charge in [0.05, 0.1) is 0 Å². The van der Waals surface area contributed by atoms with Gasteiger partial charge in [0.1, 0.15) is 0 Å². The molecule has 1 aromatic carbocycles. The van der Waals surface area contributed by atoms with Crippen molar-refractivity contribution in [1.29, 1.82) is 0 Å². The zero-order valence-corrected chi connectivity index (χ0v) is 12.1. The Balaban J connectivity index is 1.59. The summed E-state index contributed by atoms with van der Waals surface area (Å²) in [6, 6.07) is 8.53. The molecule has 1 aromatic rings. The number of nitrogens with zero attached hydrogens (tertiary/aromatic N) is 1. The number of hydrogen-bond donors (Lipinski definition) is 1. The average Bonchev–Trinajstić information content (AvgIpc) is 3.12. The van der Waals surface area contributed by atoms with Crippen LogP contribution in [0.2, 0.25) is 5.02 Å². The summed E-state index contributed by atoms with van der Waals surface area (Å²) in [6.07, 6.45) is 5.49. The molecule has 1 saturated heterocycles. The van der Waals surface area contributed by atoms with E-state index in [0.717, 1.165) is 29.9 Å². The number of piperidine rings is 1. The molecule has 3 heteroatoms. The second kappa shape index (κ2) is 5.82. The third kappa shape index (κ3) is 3.95. The molecule has 2 N–H and O–H groups in total. The lowest BCUT2D eigenvalue weighted by atomic mass is 9.90. The minimum absolute atomic E-state index is 0.344. The highest BCUT2D eigenvalue weighted by Crippen LogP contribution is 2.37. The number of nitrogens with two attached hydrogens (primary N) is 1. The van der Waals surface area contributed by atoms with E-state index in [2.05, 4.69) is 17.0 Å². The van der Waals surface area contributed by atoms with Gasteiger partial charge in [-0.2, -0.15) is 0 Å². The molecule has 0 aromatic heterocycles. The molecule has 3 rings (SSSR count). The van der Waals surface area contributed by atoms with Crippen LogP contribution in [0.25, 0.3) is 0 Å². The quantitative estimate of drug-likeness (QED) is 0.916. The van der Waals surface area contributed by atoms with Gasteiger partial charge in [-0.25, -0.2) is 0 Å². The van der Waals surface area contributed by atoms with E-state index in [1.165, 1.54) is 37.8 Å². The molecule has 1 saturated carbocycles. The Kier molecular flexibility index (Phi) is 4.11. The minimum Gasteiger partial charge on any atom is -0.327 e. The van der Waals surface area contributed by atoms with Crippen LogP contribution in [0.4, 0.5) is 0 Å². The number of hydrogen-bond acceptors (Lipinski definition) is 2. The van der Waals surface area contributed by atoms with Crippen molar-refractivity contribution < 1.29 is 0 Å². The lowest BCUT2D eigenvalue weighted by Gasteiger charge is -2.36. The lowest BCUT2D eigenvalue weighted by molar-refractivity contribution is 0.141. The maximum atomic E-state index is 6.23. The molecule has 2 aliphatic rings. The van der Waals surface area contributed by atoms with Crippen LogP contribution in [-0.2, 0) is 6.54 Å². The Morgan fingerprint density at radius 3 is 2.79 bits per heavy atom. The van der Waals surface area contributed by atoms with E-state index in [9.17, 15) is 0 Å². The number of halogens is 1. The van der Waals surface area contributed by atoms with Crippen LogP contribution < -0.4 is 5.73 Å². The molecule has 2 fully saturated rings. The molecule has 0 spiro atoms. The van der Waals surface area contributed by atoms with Crippen LogP contribution in [0.15, 0.2) is 24.3 Å². The van der Waals surface area contributed by atoms with Crippen LogP contribution in [-0.4, -0.2) is 24.0 Å². The first-order valence-electron chi connectivity index (χ1n) is 7.41. The summed E-state index contributed by atoms with van der Waals surface area (Å²) in [6.45, 7) is 3.21. The van der Waals surface area contributed by atoms with Gasteiger partial charge in [0.2, 0.25) is 0 Å². The molecule has 2 nitrogen and oxygen atoms in total. The van der Waals surface area contributed by atoms with Crippen molar-refractivity contribution in [2.24, 2.45) is 17.6 Å². The van der Waals surface area contributed by atoms with Crippen molar-refractivity contribution in [3.8, 4) is 0 Å². The predicted octanol–water partition coefficient (Wildman–Crippen LogP) is 3.29. The Morgan fingerprint density at radius 1 is 1.21 bits per heavy atom. The fourth-order valence-electron chi connectivity index (χ4n) is 3.37. The van der Waals surface area contributed by atoms with Crippen molar-refractivity contribution >= 4 is 11.6 Å². The summed E-state index contributed by atoms with van der Waals surface area (Å²) in [5.74, 6) is 1.80. The molecular formula is C16H23ClN2. The van der Waals surface area contributed by atoms with Crippen LogP contribution in [0.3, 0.4) is 0 Å². The molecular weight excluding hydrogens is 256 g/mol. The highest BCUT2D eigenvalue weighted by molar-refractivity contribution is 6.30. The molecule has 0 bridgehead atoms. The van der Waals surface area contributed by atoms with Gasteiger partial charge in [-0.3, -0.25) is 4.90 Å². The SMILES string of the molecule is NC1CC(CC2CC2)CN(Cc2cccc(Cl)c2)C1. The predicted molar refractivity (Wildman–Crippen MR) is 80.2 cm³/mol. The maximum absolute atomic E-state index is 6.23. The Bertz CT molecular complexity index is 429. The van der Waals surface area contributed by atoms with E-state index in [-0.39, 0.29) is 0 Å². The van der Waals surface area contributed by atoms with Gasteiger partial charge in [0.15, 0.2) is 0 Å². The first-order valence-corrected chi connectivity index (χ1v) is 7.79. The van der Waals surface area contributed by atoms with E-state index in [0.29, 0.717) is 6.04 Å². The third-order valence-electron chi connectivity index (χ3n) is 4.30. The number of rotatable bonds is 4. The van der Waals surface area contributed by atoms with Crippen molar-refractivity contribution in [3.63, 3.8) is 0 Å². The minimum atomic E-state index is 0.344. The van der Waals surface area contributed by atoms with Crippen LogP contribution in [0, 0.1) is 11.8 Å². The first-order chi connectivity index (χ1) is 9.19. The second-order valence-electron chi connectivity index (χ2n) is 6.36. The Morgan fingerprint density at radius 2 is 2.05 bits per heavy atom. The molecule has 0 amide bonds. The van der Waals surface area contributed by atoms with E-state index in [4.69, 9.17) is 17.3 Å². The van der Waals surface area contributed by atoms with E-state index < -0.39 is 0 Å². The lowest BCUT2D eigenvalue weighted by Crippen LogP contribution is -2.46. The summed E-state index contributed by atoms with van der Waals surface area (Å²) in [4.78, 5) is 2.51. The molecule has 104 valence electrons. The van der Waals surface area contributed by atoms with E-state index in [1.54, 1.807) is 0 Å². The molecule has 1 heterocycles. The van der Waals surface area contributed by atoms with Crippen molar-refractivity contribution in [1.82, 2.24) is 4.90 Å². The standard InChI is InChI=1S/C16H23ClN2/c17-15-3-1-2-13(7-15)9-19-10-14(6-12-4-5-12)8-16(18)11-19/h1-3,7,12,14,16H,4-6,8-11,18H2. The summed E-state index contributed by atoms with van der Waals surface area (Å²) in [5, 5.41) is 0.827. The highest BCUT2D eigenvalue weighted by Gasteiger charge is 2.30. The fraction of sp³-hybridized carbons (Fsp3) is 0.625. The molecule has 0 radical (unpaired) electrons. The smallest absolute Gasteiger partial charge is 0.0409 e. The summed E-state index contributed by atoms with van der Waals surface area (Å²) >= 11 is 6.05. The van der Waals surface area contributed by atoms with Crippen molar-refractivity contribution in [2.75, 3.05) is 13.1 Å². The third-order valence-corrected chi connectivity index (χ3v) is 4.54. The molecule has 2 unspecified atom stereocenters. The summed E-state index contributed by atoms with van der Waals surface area (Å²) in [7, 11) is 0. The summed E-state index contributed by atoms with van der Waals surface area (Å²) in [5.41, 5.74) is 7.53. The largest absolute Gasteiger partial charge is 0.327 e. The second-order valence-corrected chi connectivity index (χ2v) is 6.80. The van der Waals surface area contributed by atoms with Crippen LogP contribution in [0.5, 0.6) is 0 Å². The molecule has 1 aliphatic carbocycles. The topological polar surface area (TPSA) is 29.3 Å². The first kappa shape index (κ1) is 13.4. The zero-order valence-electron chi connectivity index (χ0n) is 11.4. The van der Waals surface area contributed by atoms with Gasteiger partial charge in [0.25, 0.3) is 0 Å². The average molecular weight is 279 g/mol. The molecule has 1 aliphatic heterocycles. The normalized spacial score (nSPS) is 28.5. The Labute approximate surface area is 120 Å². The van der Waals surface area contributed by atoms with Crippen molar-refractivity contribution in [3.05, 3.63) is 34.9 Å². The fourth-order valence-corrected chi connectivity index (χ4v) is 3.58. The summed E-state index contributed by atoms with van der Waals surface area (Å²) < 4.78 is 0. The molecule has 19 heavy (non-hydrogen) atoms. The van der Waals surface area contributed by atoms with E-state index >= 15 is 0 Å². The number of benzene rings is 1. The van der Waals surface area contributed by atoms with Crippen LogP contribution in [0.1, 0.15) is 31.2 Å². The highest BCUT2D eigenvalue weighted by atomic mass is 35.5. The van der Waals surface area contributed by atoms with Gasteiger partial charge >= 0.3 is 0 Å². The van der Waals surface area contributed by atoms with Gasteiger partial charge in [0, 0.05) is 30.7 Å². The maximum Gasteiger partial charge on any atom is 0.0409 e. The Hall–Kier alpha value is -0.570. The molecule has 2 atom stereocenters. The van der Waals surface area contributed by atoms with Gasteiger partial charge in [-0.05, 0) is 42.4 Å².